The molecule has 10 heteroatoms. The van der Waals surface area contributed by atoms with E-state index >= 15 is 0 Å². The van der Waals surface area contributed by atoms with Crippen LogP contribution in [0, 0.1) is 0 Å². The number of hydrogen-bond acceptors (Lipinski definition) is 3. The number of alkyl halides is 4. The highest BCUT2D eigenvalue weighted by Gasteiger charge is 2.32. The Morgan fingerprint density at radius 2 is 2.05 bits per heavy atom. The van der Waals surface area contributed by atoms with Gasteiger partial charge >= 0.3 is 6.18 Å². The normalized spacial score (nSPS) is 13.2. The van der Waals surface area contributed by atoms with Gasteiger partial charge in [-0.25, -0.2) is 12.7 Å². The zero-order valence-corrected chi connectivity index (χ0v) is 12.8. The Kier molecular flexibility index (Phi) is 5.33. The fraction of sp³-hybridized carbons (Fsp3) is 0.556. The quantitative estimate of drug-likeness (QED) is 0.732. The minimum absolute atomic E-state index is 0.0413. The molecule has 110 valence electrons. The van der Waals surface area contributed by atoms with Crippen molar-refractivity contribution in [3.05, 3.63) is 16.5 Å². The summed E-state index contributed by atoms with van der Waals surface area (Å²) in [5.74, 6) is 0.164. The molecule has 1 rings (SSSR count). The molecule has 0 unspecified atom stereocenters. The number of nitrogens with zero attached hydrogens (tertiary/aromatic N) is 1. The van der Waals surface area contributed by atoms with Crippen LogP contribution in [0.1, 0.15) is 12.2 Å². The van der Waals surface area contributed by atoms with Gasteiger partial charge in [0, 0.05) is 19.7 Å². The third kappa shape index (κ3) is 4.37. The van der Waals surface area contributed by atoms with Crippen LogP contribution >= 0.6 is 27.5 Å². The molecular formula is C9H10BrClF3NO3S. The molecule has 1 aromatic rings. The van der Waals surface area contributed by atoms with Crippen molar-refractivity contribution in [1.82, 2.24) is 4.31 Å². The van der Waals surface area contributed by atoms with Crippen molar-refractivity contribution in [1.29, 1.82) is 0 Å². The fourth-order valence-electron chi connectivity index (χ4n) is 1.21. The minimum Gasteiger partial charge on any atom is -0.452 e. The van der Waals surface area contributed by atoms with Gasteiger partial charge in [0.05, 0.1) is 12.3 Å². The number of hydrogen-bond donors (Lipinski definition) is 0. The minimum atomic E-state index is -4.42. The Morgan fingerprint density at radius 3 is 2.47 bits per heavy atom. The summed E-state index contributed by atoms with van der Waals surface area (Å²) in [6.45, 7) is -0.667. The van der Waals surface area contributed by atoms with Crippen LogP contribution in [0.2, 0.25) is 0 Å². The molecule has 0 N–H and O–H groups in total. The van der Waals surface area contributed by atoms with Crippen molar-refractivity contribution in [2.75, 3.05) is 13.6 Å². The molecule has 0 fully saturated rings. The number of halogens is 5. The zero-order valence-electron chi connectivity index (χ0n) is 9.67. The van der Waals surface area contributed by atoms with Crippen molar-refractivity contribution < 1.29 is 26.0 Å². The highest BCUT2D eigenvalue weighted by atomic mass is 79.9. The van der Waals surface area contributed by atoms with Crippen LogP contribution in [0.3, 0.4) is 0 Å². The average molecular weight is 385 g/mol. The molecule has 0 aliphatic heterocycles. The topological polar surface area (TPSA) is 50.5 Å². The van der Waals surface area contributed by atoms with E-state index in [0.717, 1.165) is 7.05 Å². The second kappa shape index (κ2) is 6.02. The number of rotatable bonds is 5. The molecule has 0 saturated carbocycles. The first kappa shape index (κ1) is 16.8. The van der Waals surface area contributed by atoms with Gasteiger partial charge in [0.15, 0.2) is 4.67 Å². The van der Waals surface area contributed by atoms with E-state index in [0.29, 0.717) is 4.31 Å². The van der Waals surface area contributed by atoms with Gasteiger partial charge in [0.1, 0.15) is 10.7 Å². The van der Waals surface area contributed by atoms with Gasteiger partial charge < -0.3 is 4.42 Å². The van der Waals surface area contributed by atoms with Crippen molar-refractivity contribution >= 4 is 37.6 Å². The van der Waals surface area contributed by atoms with Crippen molar-refractivity contribution in [2.24, 2.45) is 0 Å². The Bertz CT molecular complexity index is 543. The van der Waals surface area contributed by atoms with Crippen LogP contribution in [0.4, 0.5) is 13.2 Å². The third-order valence-corrected chi connectivity index (χ3v) is 5.21. The lowest BCUT2D eigenvalue weighted by molar-refractivity contribution is -0.135. The highest BCUT2D eigenvalue weighted by Crippen LogP contribution is 2.29. The van der Waals surface area contributed by atoms with E-state index < -0.39 is 29.2 Å². The predicted octanol–water partition coefficient (Wildman–Crippen LogP) is 3.35. The SMILES string of the molecule is CN(CCC(F)(F)F)S(=O)(=O)c1cc(CCl)oc1Br. The largest absolute Gasteiger partial charge is 0.452 e. The van der Waals surface area contributed by atoms with Crippen LogP contribution in [0.15, 0.2) is 20.0 Å². The van der Waals surface area contributed by atoms with Crippen LogP contribution in [-0.2, 0) is 15.9 Å². The van der Waals surface area contributed by atoms with Gasteiger partial charge in [0.2, 0.25) is 10.0 Å². The van der Waals surface area contributed by atoms with Crippen molar-refractivity contribution in [3.8, 4) is 0 Å². The molecule has 0 amide bonds. The van der Waals surface area contributed by atoms with E-state index in [-0.39, 0.29) is 21.2 Å². The van der Waals surface area contributed by atoms with Gasteiger partial charge in [-0.2, -0.15) is 13.2 Å². The van der Waals surface area contributed by atoms with Crippen LogP contribution in [-0.4, -0.2) is 32.5 Å². The molecule has 1 heterocycles. The summed E-state index contributed by atoms with van der Waals surface area (Å²) in [6, 6.07) is 1.18. The molecule has 1 aromatic heterocycles. The summed E-state index contributed by atoms with van der Waals surface area (Å²) in [5, 5.41) is 0. The van der Waals surface area contributed by atoms with Gasteiger partial charge in [-0.3, -0.25) is 0 Å². The molecule has 0 spiro atoms. The maximum absolute atomic E-state index is 12.1. The maximum atomic E-state index is 12.1. The monoisotopic (exact) mass is 383 g/mol. The predicted molar refractivity (Wildman–Crippen MR) is 66.5 cm³/mol. The second-order valence-corrected chi connectivity index (χ2v) is 6.68. The lowest BCUT2D eigenvalue weighted by Gasteiger charge is -2.17. The first-order valence-electron chi connectivity index (χ1n) is 4.95. The van der Waals surface area contributed by atoms with Crippen LogP contribution in [0.25, 0.3) is 0 Å². The summed E-state index contributed by atoms with van der Waals surface area (Å²) < 4.78 is 65.8. The van der Waals surface area contributed by atoms with E-state index in [1.54, 1.807) is 0 Å². The van der Waals surface area contributed by atoms with Gasteiger partial charge in [-0.05, 0) is 15.9 Å². The molecule has 0 atom stereocenters. The molecule has 0 aliphatic rings. The number of furan rings is 1. The molecular weight excluding hydrogens is 375 g/mol. The Labute approximate surface area is 121 Å². The van der Waals surface area contributed by atoms with Crippen molar-refractivity contribution in [3.63, 3.8) is 0 Å². The van der Waals surface area contributed by atoms with E-state index in [2.05, 4.69) is 15.9 Å². The maximum Gasteiger partial charge on any atom is 0.390 e. The molecule has 0 bridgehead atoms. The first-order valence-corrected chi connectivity index (χ1v) is 7.72. The molecule has 0 radical (unpaired) electrons. The molecule has 0 aliphatic carbocycles. The first-order chi connectivity index (χ1) is 8.58. The van der Waals surface area contributed by atoms with E-state index in [9.17, 15) is 21.6 Å². The number of sulfonamides is 1. The summed E-state index contributed by atoms with van der Waals surface area (Å²) in [5.41, 5.74) is 0. The molecule has 0 aromatic carbocycles. The third-order valence-electron chi connectivity index (χ3n) is 2.24. The average Bonchev–Trinajstić information content (AvgIpc) is 2.67. The summed E-state index contributed by atoms with van der Waals surface area (Å²) in [4.78, 5) is -0.243. The van der Waals surface area contributed by atoms with Crippen LogP contribution in [0.5, 0.6) is 0 Å². The smallest absolute Gasteiger partial charge is 0.390 e. The van der Waals surface area contributed by atoms with E-state index in [1.165, 1.54) is 6.07 Å². The molecule has 0 saturated heterocycles. The summed E-state index contributed by atoms with van der Waals surface area (Å²) in [7, 11) is -2.98. The molecule has 19 heavy (non-hydrogen) atoms. The van der Waals surface area contributed by atoms with Crippen LogP contribution < -0.4 is 0 Å². The standard InChI is InChI=1S/C9H10BrClF3NO3S/c1-15(3-2-9(12,13)14)19(16,17)7-4-6(5-11)18-8(7)10/h4H,2-3,5H2,1H3. The fourth-order valence-corrected chi connectivity index (χ4v) is 3.47. The Balaban J connectivity index is 2.93. The Hall–Kier alpha value is -0.250. The van der Waals surface area contributed by atoms with Crippen molar-refractivity contribution in [2.45, 2.75) is 23.4 Å². The van der Waals surface area contributed by atoms with E-state index in [1.807, 2.05) is 0 Å². The zero-order chi connectivity index (χ0) is 14.8. The van der Waals surface area contributed by atoms with Gasteiger partial charge in [-0.15, -0.1) is 11.6 Å². The molecule has 4 nitrogen and oxygen atoms in total. The second-order valence-electron chi connectivity index (χ2n) is 3.68. The lowest BCUT2D eigenvalue weighted by Crippen LogP contribution is -2.30. The highest BCUT2D eigenvalue weighted by molar-refractivity contribution is 9.10. The lowest BCUT2D eigenvalue weighted by atomic mass is 10.4. The summed E-state index contributed by atoms with van der Waals surface area (Å²) in [6.07, 6.45) is -5.64. The summed E-state index contributed by atoms with van der Waals surface area (Å²) >= 11 is 8.39. The Morgan fingerprint density at radius 1 is 1.47 bits per heavy atom. The van der Waals surface area contributed by atoms with E-state index in [4.69, 9.17) is 16.0 Å². The van der Waals surface area contributed by atoms with Gasteiger partial charge in [0.25, 0.3) is 0 Å². The van der Waals surface area contributed by atoms with Gasteiger partial charge in [-0.1, -0.05) is 0 Å².